The Bertz CT molecular complexity index is 650. The zero-order chi connectivity index (χ0) is 14.4. The molecule has 0 aliphatic heterocycles. The second kappa shape index (κ2) is 6.29. The Labute approximate surface area is 115 Å². The number of pyridine rings is 1. The van der Waals surface area contributed by atoms with Crippen LogP contribution in [0.3, 0.4) is 0 Å². The monoisotopic (exact) mass is 268 g/mol. The van der Waals surface area contributed by atoms with Crippen molar-refractivity contribution in [3.8, 4) is 6.07 Å². The van der Waals surface area contributed by atoms with Crippen molar-refractivity contribution in [3.63, 3.8) is 0 Å². The fraction of sp³-hybridized carbons (Fsp3) is 0.143. The minimum atomic E-state index is -0.559. The second-order valence-electron chi connectivity index (χ2n) is 4.10. The molecule has 0 atom stereocenters. The van der Waals surface area contributed by atoms with E-state index >= 15 is 0 Å². The third-order valence-corrected chi connectivity index (χ3v) is 2.75. The summed E-state index contributed by atoms with van der Waals surface area (Å²) < 4.78 is 0. The molecule has 1 aromatic carbocycles. The number of nitrogens with zero attached hydrogens (tertiary/aromatic N) is 3. The molecule has 0 saturated heterocycles. The average Bonchev–Trinajstić information content (AvgIpc) is 2.48. The SMILES string of the molecule is N#Cc1cc(NCCc2ccccn2)ccc1[N+](=O)[O-]. The number of nitriles is 1. The van der Waals surface area contributed by atoms with Gasteiger partial charge in [-0.25, -0.2) is 0 Å². The van der Waals surface area contributed by atoms with Crippen LogP contribution in [0.15, 0.2) is 42.6 Å². The maximum atomic E-state index is 10.7. The number of benzene rings is 1. The van der Waals surface area contributed by atoms with E-state index in [9.17, 15) is 10.1 Å². The van der Waals surface area contributed by atoms with E-state index in [1.54, 1.807) is 12.3 Å². The lowest BCUT2D eigenvalue weighted by Gasteiger charge is -2.06. The molecule has 0 saturated carbocycles. The maximum absolute atomic E-state index is 10.7. The van der Waals surface area contributed by atoms with Crippen LogP contribution >= 0.6 is 0 Å². The lowest BCUT2D eigenvalue weighted by Crippen LogP contribution is -2.06. The van der Waals surface area contributed by atoms with Gasteiger partial charge in [0.15, 0.2) is 0 Å². The fourth-order valence-electron chi connectivity index (χ4n) is 1.78. The van der Waals surface area contributed by atoms with Crippen LogP contribution in [-0.4, -0.2) is 16.5 Å². The molecule has 6 nitrogen and oxygen atoms in total. The minimum absolute atomic E-state index is 0.0536. The van der Waals surface area contributed by atoms with Crippen molar-refractivity contribution in [2.45, 2.75) is 6.42 Å². The Morgan fingerprint density at radius 1 is 1.35 bits per heavy atom. The van der Waals surface area contributed by atoms with E-state index in [2.05, 4.69) is 10.3 Å². The van der Waals surface area contributed by atoms with Crippen molar-refractivity contribution >= 4 is 11.4 Å². The lowest BCUT2D eigenvalue weighted by molar-refractivity contribution is -0.385. The van der Waals surface area contributed by atoms with Gasteiger partial charge in [-0.1, -0.05) is 6.07 Å². The minimum Gasteiger partial charge on any atom is -0.385 e. The molecule has 0 bridgehead atoms. The zero-order valence-electron chi connectivity index (χ0n) is 10.6. The summed E-state index contributed by atoms with van der Waals surface area (Å²) in [7, 11) is 0. The second-order valence-corrected chi connectivity index (χ2v) is 4.10. The highest BCUT2D eigenvalue weighted by Crippen LogP contribution is 2.21. The third kappa shape index (κ3) is 3.29. The van der Waals surface area contributed by atoms with Crippen molar-refractivity contribution in [2.24, 2.45) is 0 Å². The Kier molecular flexibility index (Phi) is 4.24. The van der Waals surface area contributed by atoms with E-state index in [0.717, 1.165) is 12.1 Å². The van der Waals surface area contributed by atoms with Crippen LogP contribution in [0.25, 0.3) is 0 Å². The molecular formula is C14H12N4O2. The fourth-order valence-corrected chi connectivity index (χ4v) is 1.78. The molecule has 0 amide bonds. The van der Waals surface area contributed by atoms with Gasteiger partial charge in [0, 0.05) is 36.6 Å². The molecule has 0 aliphatic rings. The number of nitro benzene ring substituents is 1. The Morgan fingerprint density at radius 2 is 2.20 bits per heavy atom. The number of nitro groups is 1. The molecule has 0 aliphatic carbocycles. The van der Waals surface area contributed by atoms with Gasteiger partial charge in [-0.05, 0) is 24.3 Å². The first kappa shape index (κ1) is 13.5. The van der Waals surface area contributed by atoms with Crippen molar-refractivity contribution in [1.29, 1.82) is 5.26 Å². The molecule has 6 heteroatoms. The van der Waals surface area contributed by atoms with Gasteiger partial charge in [0.1, 0.15) is 11.6 Å². The van der Waals surface area contributed by atoms with Crippen molar-refractivity contribution < 1.29 is 4.92 Å². The van der Waals surface area contributed by atoms with Crippen LogP contribution in [-0.2, 0) is 6.42 Å². The third-order valence-electron chi connectivity index (χ3n) is 2.75. The number of hydrogen-bond donors (Lipinski definition) is 1. The Balaban J connectivity index is 2.00. The van der Waals surface area contributed by atoms with Gasteiger partial charge in [-0.2, -0.15) is 5.26 Å². The number of rotatable bonds is 5. The first-order chi connectivity index (χ1) is 9.70. The summed E-state index contributed by atoms with van der Waals surface area (Å²) in [5.74, 6) is 0. The molecule has 100 valence electrons. The molecule has 0 unspecified atom stereocenters. The summed E-state index contributed by atoms with van der Waals surface area (Å²) >= 11 is 0. The first-order valence-corrected chi connectivity index (χ1v) is 6.03. The van der Waals surface area contributed by atoms with Crippen molar-refractivity contribution in [1.82, 2.24) is 4.98 Å². The predicted octanol–water partition coefficient (Wildman–Crippen LogP) is 2.52. The van der Waals surface area contributed by atoms with Gasteiger partial charge in [0.2, 0.25) is 0 Å². The van der Waals surface area contributed by atoms with E-state index in [1.807, 2.05) is 24.3 Å². The summed E-state index contributed by atoms with van der Waals surface area (Å²) in [6.45, 7) is 0.639. The molecule has 2 rings (SSSR count). The van der Waals surface area contributed by atoms with E-state index < -0.39 is 4.92 Å². The summed E-state index contributed by atoms with van der Waals surface area (Å²) in [6, 6.07) is 11.9. The Morgan fingerprint density at radius 3 is 2.85 bits per heavy atom. The van der Waals surface area contributed by atoms with Gasteiger partial charge in [0.25, 0.3) is 5.69 Å². The summed E-state index contributed by atoms with van der Waals surface area (Å²) in [5.41, 5.74) is 1.52. The highest BCUT2D eigenvalue weighted by atomic mass is 16.6. The van der Waals surface area contributed by atoms with Gasteiger partial charge in [0.05, 0.1) is 4.92 Å². The quantitative estimate of drug-likeness (QED) is 0.664. The predicted molar refractivity (Wildman–Crippen MR) is 74.2 cm³/mol. The molecule has 2 aromatic rings. The van der Waals surface area contributed by atoms with Crippen LogP contribution in [0.1, 0.15) is 11.3 Å². The first-order valence-electron chi connectivity index (χ1n) is 6.03. The summed E-state index contributed by atoms with van der Waals surface area (Å²) in [6.07, 6.45) is 2.47. The number of aromatic nitrogens is 1. The van der Waals surface area contributed by atoms with Crippen molar-refractivity contribution in [3.05, 3.63) is 64.0 Å². The van der Waals surface area contributed by atoms with E-state index in [0.29, 0.717) is 12.2 Å². The molecule has 20 heavy (non-hydrogen) atoms. The molecule has 1 aromatic heterocycles. The summed E-state index contributed by atoms with van der Waals surface area (Å²) in [5, 5.41) is 22.7. The van der Waals surface area contributed by atoms with Crippen LogP contribution in [0.4, 0.5) is 11.4 Å². The molecule has 1 heterocycles. The van der Waals surface area contributed by atoms with E-state index in [4.69, 9.17) is 5.26 Å². The number of anilines is 1. The average molecular weight is 268 g/mol. The molecular weight excluding hydrogens is 256 g/mol. The van der Waals surface area contributed by atoms with Crippen LogP contribution in [0.5, 0.6) is 0 Å². The highest BCUT2D eigenvalue weighted by Gasteiger charge is 2.13. The normalized spacial score (nSPS) is 9.75. The number of hydrogen-bond acceptors (Lipinski definition) is 5. The van der Waals surface area contributed by atoms with Crippen LogP contribution in [0.2, 0.25) is 0 Å². The van der Waals surface area contributed by atoms with Gasteiger partial charge < -0.3 is 5.32 Å². The zero-order valence-corrected chi connectivity index (χ0v) is 10.6. The molecule has 0 fully saturated rings. The van der Waals surface area contributed by atoms with Crippen LogP contribution < -0.4 is 5.32 Å². The Hall–Kier alpha value is -2.94. The topological polar surface area (TPSA) is 91.8 Å². The molecule has 0 radical (unpaired) electrons. The van der Waals surface area contributed by atoms with Gasteiger partial charge in [-0.15, -0.1) is 0 Å². The summed E-state index contributed by atoms with van der Waals surface area (Å²) in [4.78, 5) is 14.4. The molecule has 0 spiro atoms. The lowest BCUT2D eigenvalue weighted by atomic mass is 10.1. The van der Waals surface area contributed by atoms with Crippen molar-refractivity contribution in [2.75, 3.05) is 11.9 Å². The highest BCUT2D eigenvalue weighted by molar-refractivity contribution is 5.58. The van der Waals surface area contributed by atoms with E-state index in [1.165, 1.54) is 12.1 Å². The standard InChI is InChI=1S/C14H12N4O2/c15-10-11-9-13(4-5-14(11)18(19)20)17-8-6-12-3-1-2-7-16-12/h1-5,7,9,17H,6,8H2. The van der Waals surface area contributed by atoms with E-state index in [-0.39, 0.29) is 11.3 Å². The van der Waals surface area contributed by atoms with Crippen LogP contribution in [0, 0.1) is 21.4 Å². The van der Waals surface area contributed by atoms with Gasteiger partial charge in [-0.3, -0.25) is 15.1 Å². The smallest absolute Gasteiger partial charge is 0.287 e. The molecule has 1 N–H and O–H groups in total. The van der Waals surface area contributed by atoms with Gasteiger partial charge >= 0.3 is 0 Å². The largest absolute Gasteiger partial charge is 0.385 e. The number of nitrogens with one attached hydrogen (secondary N) is 1. The maximum Gasteiger partial charge on any atom is 0.287 e.